The van der Waals surface area contributed by atoms with Crippen molar-refractivity contribution in [3.05, 3.63) is 71.3 Å². The molecular weight excluding hydrogens is 360 g/mol. The van der Waals surface area contributed by atoms with Crippen molar-refractivity contribution in [2.75, 3.05) is 6.54 Å². The van der Waals surface area contributed by atoms with E-state index in [4.69, 9.17) is 0 Å². The maximum Gasteiger partial charge on any atom is 0.0740 e. The van der Waals surface area contributed by atoms with Crippen LogP contribution in [0.5, 0.6) is 0 Å². The van der Waals surface area contributed by atoms with E-state index >= 15 is 0 Å². The number of hydrogen-bond donors (Lipinski definition) is 1. The molecule has 1 fully saturated rings. The second-order valence-corrected chi connectivity index (χ2v) is 10.6. The average Bonchev–Trinajstić information content (AvgIpc) is 2.90. The summed E-state index contributed by atoms with van der Waals surface area (Å²) >= 11 is 2.12. The Labute approximate surface area is 175 Å². The molecule has 1 N–H and O–H groups in total. The Balaban J connectivity index is 1.54. The fraction of sp³-hybridized carbons (Fsp3) is 0.520. The van der Waals surface area contributed by atoms with Gasteiger partial charge in [-0.25, -0.2) is 4.31 Å². The molecule has 150 valence electrons. The van der Waals surface area contributed by atoms with Crippen LogP contribution in [0.3, 0.4) is 0 Å². The first-order chi connectivity index (χ1) is 13.6. The summed E-state index contributed by atoms with van der Waals surface area (Å²) < 4.78 is 2.66. The van der Waals surface area contributed by atoms with Gasteiger partial charge in [-0.05, 0) is 47.8 Å². The predicted molar refractivity (Wildman–Crippen MR) is 121 cm³/mol. The first-order valence-electron chi connectivity index (χ1n) is 10.9. The topological polar surface area (TPSA) is 15.3 Å². The molecule has 3 heteroatoms. The number of rotatable bonds is 5. The summed E-state index contributed by atoms with van der Waals surface area (Å²) in [4.78, 5) is 0. The van der Waals surface area contributed by atoms with E-state index in [2.05, 4.69) is 90.0 Å². The number of fused-ring (bicyclic) bond motifs is 1. The Kier molecular flexibility index (Phi) is 6.45. The molecule has 2 aromatic carbocycles. The van der Waals surface area contributed by atoms with Crippen LogP contribution in [0, 0.1) is 5.41 Å². The number of benzene rings is 2. The lowest BCUT2D eigenvalue weighted by atomic mass is 9.77. The van der Waals surface area contributed by atoms with Crippen molar-refractivity contribution in [3.63, 3.8) is 0 Å². The molecule has 0 aromatic heterocycles. The molecule has 0 bridgehead atoms. The average molecular weight is 395 g/mol. The maximum absolute atomic E-state index is 3.86. The van der Waals surface area contributed by atoms with Crippen molar-refractivity contribution in [1.82, 2.24) is 9.62 Å². The molecule has 1 aliphatic heterocycles. The van der Waals surface area contributed by atoms with Gasteiger partial charge >= 0.3 is 0 Å². The molecule has 2 aromatic rings. The van der Waals surface area contributed by atoms with E-state index < -0.39 is 0 Å². The summed E-state index contributed by atoms with van der Waals surface area (Å²) in [5, 5.41) is 4.59. The van der Waals surface area contributed by atoms with Crippen molar-refractivity contribution in [3.8, 4) is 0 Å². The Morgan fingerprint density at radius 3 is 2.57 bits per heavy atom. The number of nitrogens with one attached hydrogen (secondary N) is 1. The highest BCUT2D eigenvalue weighted by molar-refractivity contribution is 7.97. The standard InChI is InChI=1S/C25H34N2S/c1-25(2)15-8-13-23(18-25)28-27(19-20-9-4-3-5-10-20)24-17-22-12-7-6-11-21(22)14-16-26-24/h3-7,9-12,23-24,26H,8,13-19H2,1-2H3. The molecule has 2 atom stereocenters. The van der Waals surface area contributed by atoms with Gasteiger partial charge in [0.2, 0.25) is 0 Å². The quantitative estimate of drug-likeness (QED) is 0.643. The van der Waals surface area contributed by atoms with E-state index in [1.807, 2.05) is 0 Å². The SMILES string of the molecule is CC1(C)CCCC(SN(Cc2ccccc2)C2Cc3ccccc3CCN2)C1. The second kappa shape index (κ2) is 9.02. The van der Waals surface area contributed by atoms with Crippen molar-refractivity contribution in [2.24, 2.45) is 5.41 Å². The first kappa shape index (κ1) is 20.0. The molecule has 0 saturated heterocycles. The Morgan fingerprint density at radius 1 is 1.04 bits per heavy atom. The highest BCUT2D eigenvalue weighted by Gasteiger charge is 2.32. The summed E-state index contributed by atoms with van der Waals surface area (Å²) in [6.07, 6.45) is 8.02. The lowest BCUT2D eigenvalue weighted by Gasteiger charge is -2.39. The lowest BCUT2D eigenvalue weighted by molar-refractivity contribution is 0.242. The van der Waals surface area contributed by atoms with Crippen LogP contribution in [0.25, 0.3) is 0 Å². The normalized spacial score (nSPS) is 24.5. The molecule has 0 amide bonds. The lowest BCUT2D eigenvalue weighted by Crippen LogP contribution is -2.44. The number of nitrogens with zero attached hydrogens (tertiary/aromatic N) is 1. The third-order valence-electron chi connectivity index (χ3n) is 6.28. The highest BCUT2D eigenvalue weighted by Crippen LogP contribution is 2.42. The molecule has 2 unspecified atom stereocenters. The van der Waals surface area contributed by atoms with E-state index in [1.165, 1.54) is 42.4 Å². The van der Waals surface area contributed by atoms with Crippen molar-refractivity contribution in [2.45, 2.75) is 70.3 Å². The van der Waals surface area contributed by atoms with Crippen LogP contribution >= 0.6 is 11.9 Å². The summed E-state index contributed by atoms with van der Waals surface area (Å²) in [6.45, 7) is 6.95. The maximum atomic E-state index is 3.86. The van der Waals surface area contributed by atoms with Crippen LogP contribution < -0.4 is 5.32 Å². The smallest absolute Gasteiger partial charge is 0.0740 e. The van der Waals surface area contributed by atoms with Gasteiger partial charge in [0, 0.05) is 24.8 Å². The van der Waals surface area contributed by atoms with Gasteiger partial charge < -0.3 is 5.32 Å². The van der Waals surface area contributed by atoms with Crippen LogP contribution in [0.4, 0.5) is 0 Å². The minimum Gasteiger partial charge on any atom is -0.300 e. The van der Waals surface area contributed by atoms with E-state index in [-0.39, 0.29) is 0 Å². The molecule has 1 heterocycles. The third-order valence-corrected chi connectivity index (χ3v) is 7.63. The molecule has 1 aliphatic carbocycles. The monoisotopic (exact) mass is 394 g/mol. The fourth-order valence-corrected chi connectivity index (χ4v) is 6.45. The fourth-order valence-electron chi connectivity index (χ4n) is 4.75. The molecule has 1 saturated carbocycles. The van der Waals surface area contributed by atoms with Gasteiger partial charge in [-0.1, -0.05) is 86.8 Å². The molecule has 2 aliphatic rings. The Hall–Kier alpha value is -1.29. The van der Waals surface area contributed by atoms with Crippen LogP contribution in [-0.4, -0.2) is 22.3 Å². The number of hydrogen-bond acceptors (Lipinski definition) is 3. The molecular formula is C25H34N2S. The van der Waals surface area contributed by atoms with Gasteiger partial charge in [-0.15, -0.1) is 0 Å². The zero-order valence-electron chi connectivity index (χ0n) is 17.4. The van der Waals surface area contributed by atoms with Gasteiger partial charge in [0.15, 0.2) is 0 Å². The minimum atomic E-state index is 0.388. The van der Waals surface area contributed by atoms with E-state index in [0.29, 0.717) is 11.6 Å². The molecule has 2 nitrogen and oxygen atoms in total. The summed E-state index contributed by atoms with van der Waals surface area (Å²) in [5.41, 5.74) is 4.92. The molecule has 4 rings (SSSR count). The van der Waals surface area contributed by atoms with Crippen LogP contribution in [0.1, 0.15) is 56.2 Å². The largest absolute Gasteiger partial charge is 0.300 e. The first-order valence-corrected chi connectivity index (χ1v) is 11.7. The van der Waals surface area contributed by atoms with Gasteiger partial charge in [-0.3, -0.25) is 0 Å². The zero-order chi connectivity index (χ0) is 19.4. The molecule has 0 radical (unpaired) electrons. The predicted octanol–water partition coefficient (Wildman–Crippen LogP) is 5.82. The van der Waals surface area contributed by atoms with Crippen LogP contribution in [-0.2, 0) is 19.4 Å². The third kappa shape index (κ3) is 5.20. The van der Waals surface area contributed by atoms with Gasteiger partial charge in [0.25, 0.3) is 0 Å². The molecule has 0 spiro atoms. The molecule has 28 heavy (non-hydrogen) atoms. The minimum absolute atomic E-state index is 0.388. The van der Waals surface area contributed by atoms with Crippen molar-refractivity contribution >= 4 is 11.9 Å². The van der Waals surface area contributed by atoms with E-state index in [1.54, 1.807) is 0 Å². The van der Waals surface area contributed by atoms with Gasteiger partial charge in [-0.2, -0.15) is 0 Å². The summed E-state index contributed by atoms with van der Waals surface area (Å²) in [5.74, 6) is 0. The van der Waals surface area contributed by atoms with Gasteiger partial charge in [0.05, 0.1) is 6.17 Å². The van der Waals surface area contributed by atoms with Crippen molar-refractivity contribution < 1.29 is 0 Å². The zero-order valence-corrected chi connectivity index (χ0v) is 18.2. The summed E-state index contributed by atoms with van der Waals surface area (Å²) in [6, 6.07) is 20.0. The van der Waals surface area contributed by atoms with Crippen LogP contribution in [0.2, 0.25) is 0 Å². The van der Waals surface area contributed by atoms with Crippen molar-refractivity contribution in [1.29, 1.82) is 0 Å². The Bertz CT molecular complexity index is 758. The summed E-state index contributed by atoms with van der Waals surface area (Å²) in [7, 11) is 0. The van der Waals surface area contributed by atoms with Crippen LogP contribution in [0.15, 0.2) is 54.6 Å². The highest BCUT2D eigenvalue weighted by atomic mass is 32.2. The second-order valence-electron chi connectivity index (χ2n) is 9.24. The van der Waals surface area contributed by atoms with E-state index in [0.717, 1.165) is 31.2 Å². The Morgan fingerprint density at radius 2 is 1.79 bits per heavy atom. The van der Waals surface area contributed by atoms with E-state index in [9.17, 15) is 0 Å². The van der Waals surface area contributed by atoms with Gasteiger partial charge in [0.1, 0.15) is 0 Å².